The fraction of sp³-hybridized carbons (Fsp3) is 0.364. The molecule has 0 spiro atoms. The molecule has 0 radical (unpaired) electrons. The number of hydrogen-bond acceptors (Lipinski definition) is 3. The van der Waals surface area contributed by atoms with Crippen molar-refractivity contribution in [1.29, 1.82) is 0 Å². The average molecular weight is 380 g/mol. The summed E-state index contributed by atoms with van der Waals surface area (Å²) in [6.45, 7) is 0.433. The highest BCUT2D eigenvalue weighted by Crippen LogP contribution is 2.25. The molecular weight excluding hydrogens is 352 g/mol. The molecule has 3 rings (SSSR count). The summed E-state index contributed by atoms with van der Waals surface area (Å²) in [6.07, 6.45) is 5.51. The molecule has 2 aromatic carbocycles. The van der Waals surface area contributed by atoms with Crippen molar-refractivity contribution in [3.8, 4) is 5.75 Å². The van der Waals surface area contributed by atoms with Gasteiger partial charge >= 0.3 is 0 Å². The summed E-state index contributed by atoms with van der Waals surface area (Å²) < 4.78 is 5.14. The van der Waals surface area contributed by atoms with Gasteiger partial charge in [-0.2, -0.15) is 0 Å². The lowest BCUT2D eigenvalue weighted by molar-refractivity contribution is -0.120. The zero-order valence-electron chi connectivity index (χ0n) is 16.3. The highest BCUT2D eigenvalue weighted by molar-refractivity contribution is 5.93. The summed E-state index contributed by atoms with van der Waals surface area (Å²) in [5.74, 6) is 1.38. The number of hydrogen-bond donors (Lipinski definition) is 3. The minimum atomic E-state index is 0.126. The minimum Gasteiger partial charge on any atom is -0.497 e. The normalized spacial score (nSPS) is 15.1. The van der Waals surface area contributed by atoms with Crippen LogP contribution in [0.5, 0.6) is 5.75 Å². The number of nitrogens with zero attached hydrogens (tertiary/aromatic N) is 1. The van der Waals surface area contributed by atoms with Gasteiger partial charge in [-0.05, 0) is 54.8 Å². The van der Waals surface area contributed by atoms with Gasteiger partial charge in [-0.3, -0.25) is 4.79 Å². The molecule has 0 aromatic heterocycles. The SMILES string of the molecule is COc1ccc(NC(N)=NCc2cccc(NC(=O)C3CCCCC3)c2)cc1. The quantitative estimate of drug-likeness (QED) is 0.519. The van der Waals surface area contributed by atoms with E-state index in [0.717, 1.165) is 48.4 Å². The Morgan fingerprint density at radius 3 is 2.54 bits per heavy atom. The van der Waals surface area contributed by atoms with Crippen molar-refractivity contribution in [2.45, 2.75) is 38.6 Å². The topological polar surface area (TPSA) is 88.7 Å². The molecule has 1 aliphatic rings. The first-order valence-electron chi connectivity index (χ1n) is 9.75. The summed E-state index contributed by atoms with van der Waals surface area (Å²) in [4.78, 5) is 16.8. The number of nitrogens with one attached hydrogen (secondary N) is 2. The standard InChI is InChI=1S/C22H28N4O2/c1-28-20-12-10-18(11-13-20)26-22(23)24-15-16-6-5-9-19(14-16)25-21(27)17-7-3-2-4-8-17/h5-6,9-14,17H,2-4,7-8,15H2,1H3,(H,25,27)(H3,23,24,26). The largest absolute Gasteiger partial charge is 0.497 e. The van der Waals surface area contributed by atoms with E-state index >= 15 is 0 Å². The van der Waals surface area contributed by atoms with Crippen LogP contribution in [0.15, 0.2) is 53.5 Å². The maximum Gasteiger partial charge on any atom is 0.227 e. The first-order valence-corrected chi connectivity index (χ1v) is 9.75. The van der Waals surface area contributed by atoms with Crippen LogP contribution < -0.4 is 21.1 Å². The minimum absolute atomic E-state index is 0.126. The summed E-state index contributed by atoms with van der Waals surface area (Å²) in [5.41, 5.74) is 8.62. The van der Waals surface area contributed by atoms with Crippen molar-refractivity contribution in [1.82, 2.24) is 0 Å². The van der Waals surface area contributed by atoms with Crippen LogP contribution in [-0.4, -0.2) is 19.0 Å². The number of nitrogens with two attached hydrogens (primary N) is 1. The first-order chi connectivity index (χ1) is 13.6. The number of anilines is 2. The third kappa shape index (κ3) is 5.74. The molecule has 0 aliphatic heterocycles. The second kappa shape index (κ2) is 9.78. The Bertz CT molecular complexity index is 812. The molecule has 0 unspecified atom stereocenters. The van der Waals surface area contributed by atoms with Crippen LogP contribution in [0, 0.1) is 5.92 Å². The summed E-state index contributed by atoms with van der Waals surface area (Å²) in [5, 5.41) is 6.10. The molecule has 1 amide bonds. The Labute approximate surface area is 166 Å². The molecule has 6 nitrogen and oxygen atoms in total. The van der Waals surface area contributed by atoms with Crippen LogP contribution in [0.25, 0.3) is 0 Å². The van der Waals surface area contributed by atoms with Gasteiger partial charge in [0.25, 0.3) is 0 Å². The maximum absolute atomic E-state index is 12.4. The highest BCUT2D eigenvalue weighted by atomic mass is 16.5. The number of rotatable bonds is 6. The fourth-order valence-corrected chi connectivity index (χ4v) is 3.39. The third-order valence-electron chi connectivity index (χ3n) is 4.96. The zero-order valence-corrected chi connectivity index (χ0v) is 16.3. The molecule has 1 aliphatic carbocycles. The van der Waals surface area contributed by atoms with E-state index in [2.05, 4.69) is 15.6 Å². The van der Waals surface area contributed by atoms with Gasteiger partial charge in [0, 0.05) is 17.3 Å². The van der Waals surface area contributed by atoms with Gasteiger partial charge in [-0.1, -0.05) is 31.4 Å². The van der Waals surface area contributed by atoms with E-state index < -0.39 is 0 Å². The Balaban J connectivity index is 1.55. The summed E-state index contributed by atoms with van der Waals surface area (Å²) in [6, 6.07) is 15.2. The lowest BCUT2D eigenvalue weighted by Gasteiger charge is -2.20. The molecule has 1 fully saturated rings. The fourth-order valence-electron chi connectivity index (χ4n) is 3.39. The van der Waals surface area contributed by atoms with Crippen LogP contribution in [0.1, 0.15) is 37.7 Å². The van der Waals surface area contributed by atoms with Crippen LogP contribution >= 0.6 is 0 Å². The number of methoxy groups -OCH3 is 1. The number of aliphatic imine (C=N–C) groups is 1. The van der Waals surface area contributed by atoms with Crippen LogP contribution in [-0.2, 0) is 11.3 Å². The molecule has 148 valence electrons. The predicted octanol–water partition coefficient (Wildman–Crippen LogP) is 4.14. The van der Waals surface area contributed by atoms with Gasteiger partial charge in [-0.25, -0.2) is 4.99 Å². The van der Waals surface area contributed by atoms with Crippen molar-refractivity contribution in [3.63, 3.8) is 0 Å². The predicted molar refractivity (Wildman–Crippen MR) is 114 cm³/mol. The van der Waals surface area contributed by atoms with E-state index in [0.29, 0.717) is 12.5 Å². The van der Waals surface area contributed by atoms with Gasteiger partial charge in [0.15, 0.2) is 5.96 Å². The van der Waals surface area contributed by atoms with Crippen LogP contribution in [0.3, 0.4) is 0 Å². The van der Waals surface area contributed by atoms with Crippen LogP contribution in [0.2, 0.25) is 0 Å². The monoisotopic (exact) mass is 380 g/mol. The van der Waals surface area contributed by atoms with Gasteiger partial charge in [-0.15, -0.1) is 0 Å². The van der Waals surface area contributed by atoms with Gasteiger partial charge in [0.2, 0.25) is 5.91 Å². The molecule has 2 aromatic rings. The highest BCUT2D eigenvalue weighted by Gasteiger charge is 2.20. The summed E-state index contributed by atoms with van der Waals surface area (Å²) >= 11 is 0. The molecule has 1 saturated carbocycles. The molecule has 0 atom stereocenters. The Morgan fingerprint density at radius 1 is 1.07 bits per heavy atom. The van der Waals surface area contributed by atoms with E-state index in [1.165, 1.54) is 6.42 Å². The first kappa shape index (κ1) is 19.7. The number of ether oxygens (including phenoxy) is 1. The zero-order chi connectivity index (χ0) is 19.8. The van der Waals surface area contributed by atoms with Gasteiger partial charge in [0.1, 0.15) is 5.75 Å². The van der Waals surface area contributed by atoms with Crippen molar-refractivity contribution >= 4 is 23.2 Å². The van der Waals surface area contributed by atoms with Crippen molar-refractivity contribution < 1.29 is 9.53 Å². The number of carbonyl (C=O) groups is 1. The van der Waals surface area contributed by atoms with E-state index in [1.54, 1.807) is 7.11 Å². The van der Waals surface area contributed by atoms with Crippen molar-refractivity contribution in [3.05, 3.63) is 54.1 Å². The molecule has 0 bridgehead atoms. The number of benzene rings is 2. The number of carbonyl (C=O) groups excluding carboxylic acids is 1. The third-order valence-corrected chi connectivity index (χ3v) is 4.96. The van der Waals surface area contributed by atoms with Crippen molar-refractivity contribution in [2.75, 3.05) is 17.7 Å². The molecule has 6 heteroatoms. The molecule has 28 heavy (non-hydrogen) atoms. The lowest BCUT2D eigenvalue weighted by atomic mass is 9.88. The van der Waals surface area contributed by atoms with E-state index in [-0.39, 0.29) is 11.8 Å². The maximum atomic E-state index is 12.4. The number of amides is 1. The molecule has 0 heterocycles. The average Bonchev–Trinajstić information content (AvgIpc) is 2.74. The second-order valence-electron chi connectivity index (χ2n) is 7.08. The van der Waals surface area contributed by atoms with E-state index in [4.69, 9.17) is 10.5 Å². The molecule has 4 N–H and O–H groups in total. The molecular formula is C22H28N4O2. The Kier molecular flexibility index (Phi) is 6.89. The Morgan fingerprint density at radius 2 is 1.82 bits per heavy atom. The van der Waals surface area contributed by atoms with E-state index in [9.17, 15) is 4.79 Å². The lowest BCUT2D eigenvalue weighted by Crippen LogP contribution is -2.24. The Hall–Kier alpha value is -3.02. The van der Waals surface area contributed by atoms with Gasteiger partial charge in [0.05, 0.1) is 13.7 Å². The smallest absolute Gasteiger partial charge is 0.227 e. The van der Waals surface area contributed by atoms with Crippen molar-refractivity contribution in [2.24, 2.45) is 16.6 Å². The second-order valence-corrected chi connectivity index (χ2v) is 7.08. The van der Waals surface area contributed by atoms with E-state index in [1.807, 2.05) is 48.5 Å². The van der Waals surface area contributed by atoms with Crippen LogP contribution in [0.4, 0.5) is 11.4 Å². The number of guanidine groups is 1. The summed E-state index contributed by atoms with van der Waals surface area (Å²) in [7, 11) is 1.63. The molecule has 0 saturated heterocycles. The van der Waals surface area contributed by atoms with Gasteiger partial charge < -0.3 is 21.1 Å².